The summed E-state index contributed by atoms with van der Waals surface area (Å²) >= 11 is 0. The number of carbonyl (C=O) groups is 2. The number of carboxylic acid groups (broad SMARTS) is 1. The summed E-state index contributed by atoms with van der Waals surface area (Å²) in [5.74, 6) is -0.432. The highest BCUT2D eigenvalue weighted by molar-refractivity contribution is 5.87. The van der Waals surface area contributed by atoms with E-state index in [4.69, 9.17) is 14.6 Å². The van der Waals surface area contributed by atoms with Crippen molar-refractivity contribution in [1.82, 2.24) is 4.90 Å². The van der Waals surface area contributed by atoms with E-state index in [1.807, 2.05) is 24.3 Å². The van der Waals surface area contributed by atoms with Gasteiger partial charge in [0.2, 0.25) is 0 Å². The van der Waals surface area contributed by atoms with Gasteiger partial charge in [-0.2, -0.15) is 0 Å². The van der Waals surface area contributed by atoms with Crippen molar-refractivity contribution in [3.63, 3.8) is 0 Å². The van der Waals surface area contributed by atoms with Crippen molar-refractivity contribution in [1.29, 1.82) is 0 Å². The van der Waals surface area contributed by atoms with Crippen molar-refractivity contribution < 1.29 is 24.2 Å². The van der Waals surface area contributed by atoms with Crippen molar-refractivity contribution in [2.24, 2.45) is 5.92 Å². The molecule has 1 saturated heterocycles. The molecule has 186 valence electrons. The number of rotatable bonds is 11. The molecule has 2 aromatic rings. The van der Waals surface area contributed by atoms with Crippen molar-refractivity contribution in [3.8, 4) is 11.1 Å². The number of ketones is 1. The van der Waals surface area contributed by atoms with Crippen LogP contribution in [0.2, 0.25) is 0 Å². The molecule has 0 unspecified atom stereocenters. The number of hydrogen-bond acceptors (Lipinski definition) is 5. The minimum Gasteiger partial charge on any atom is -0.481 e. The third-order valence-electron chi connectivity index (χ3n) is 6.92. The van der Waals surface area contributed by atoms with Crippen LogP contribution < -0.4 is 0 Å². The van der Waals surface area contributed by atoms with E-state index in [9.17, 15) is 9.59 Å². The van der Waals surface area contributed by atoms with Gasteiger partial charge in [-0.15, -0.1) is 0 Å². The summed E-state index contributed by atoms with van der Waals surface area (Å²) in [6.07, 6.45) is 6.73. The summed E-state index contributed by atoms with van der Waals surface area (Å²) in [6.45, 7) is 3.31. The minimum atomic E-state index is -0.766. The Morgan fingerprint density at radius 2 is 1.74 bits per heavy atom. The molecule has 0 bridgehead atoms. The fourth-order valence-electron chi connectivity index (χ4n) is 5.08. The van der Waals surface area contributed by atoms with E-state index in [-0.39, 0.29) is 30.3 Å². The predicted octanol–water partition coefficient (Wildman–Crippen LogP) is 4.73. The highest BCUT2D eigenvalue weighted by atomic mass is 16.5. The molecule has 2 fully saturated rings. The summed E-state index contributed by atoms with van der Waals surface area (Å²) in [7, 11) is 0. The number of unbranched alkanes of at least 4 members (excludes halogenated alkanes) is 1. The Balaban J connectivity index is 1.38. The number of carboxylic acids is 1. The number of nitrogens with zero attached hydrogens (tertiary/aromatic N) is 1. The van der Waals surface area contributed by atoms with Crippen molar-refractivity contribution in [2.45, 2.75) is 50.9 Å². The summed E-state index contributed by atoms with van der Waals surface area (Å²) in [6, 6.07) is 18.6. The van der Waals surface area contributed by atoms with Gasteiger partial charge in [-0.1, -0.05) is 66.7 Å². The van der Waals surface area contributed by atoms with E-state index in [0.29, 0.717) is 32.7 Å². The van der Waals surface area contributed by atoms with Gasteiger partial charge < -0.3 is 14.6 Å². The first-order valence-electron chi connectivity index (χ1n) is 12.6. The van der Waals surface area contributed by atoms with Crippen molar-refractivity contribution >= 4 is 11.8 Å². The molecule has 1 saturated carbocycles. The zero-order valence-electron chi connectivity index (χ0n) is 20.2. The van der Waals surface area contributed by atoms with Crippen molar-refractivity contribution in [3.05, 3.63) is 72.3 Å². The lowest BCUT2D eigenvalue weighted by Gasteiger charge is -2.35. The lowest BCUT2D eigenvalue weighted by molar-refractivity contribution is -0.137. The van der Waals surface area contributed by atoms with Gasteiger partial charge in [-0.25, -0.2) is 0 Å². The molecule has 0 amide bonds. The first-order valence-corrected chi connectivity index (χ1v) is 12.6. The second-order valence-electron chi connectivity index (χ2n) is 9.33. The van der Waals surface area contributed by atoms with Crippen LogP contribution in [0.15, 0.2) is 66.7 Å². The van der Waals surface area contributed by atoms with Crippen molar-refractivity contribution in [2.75, 3.05) is 26.3 Å². The Bertz CT molecular complexity index is 982. The average Bonchev–Trinajstić information content (AvgIpc) is 3.20. The SMILES string of the molecule is O=C(O)CCC/C=C/C[C@H]1[C@H](N2CCOCC2)C(=O)C[C@H]1OCc1ccc(-c2ccccc2)cc1. The molecular weight excluding hydrogens is 442 g/mol. The van der Waals surface area contributed by atoms with Gasteiger partial charge in [-0.05, 0) is 36.0 Å². The third-order valence-corrected chi connectivity index (χ3v) is 6.92. The summed E-state index contributed by atoms with van der Waals surface area (Å²) < 4.78 is 11.9. The summed E-state index contributed by atoms with van der Waals surface area (Å²) in [5, 5.41) is 8.82. The molecule has 0 radical (unpaired) electrons. The number of allylic oxidation sites excluding steroid dienone is 2. The molecule has 2 aromatic carbocycles. The van der Waals surface area contributed by atoms with Crippen LogP contribution in [-0.2, 0) is 25.7 Å². The summed E-state index contributed by atoms with van der Waals surface area (Å²) in [5.41, 5.74) is 3.45. The number of ether oxygens (including phenoxy) is 2. The van der Waals surface area contributed by atoms with Crippen LogP contribution >= 0.6 is 0 Å². The van der Waals surface area contributed by atoms with Gasteiger partial charge in [0.25, 0.3) is 0 Å². The zero-order valence-corrected chi connectivity index (χ0v) is 20.2. The molecule has 2 aliphatic rings. The normalized spacial score (nSPS) is 23.2. The van der Waals surface area contributed by atoms with Gasteiger partial charge >= 0.3 is 5.97 Å². The molecule has 1 aliphatic carbocycles. The topological polar surface area (TPSA) is 76.1 Å². The average molecular weight is 478 g/mol. The van der Waals surface area contributed by atoms with Gasteiger partial charge in [0.1, 0.15) is 0 Å². The van der Waals surface area contributed by atoms with E-state index in [1.54, 1.807) is 0 Å². The first kappa shape index (κ1) is 25.3. The Hall–Kier alpha value is -2.80. The zero-order chi connectivity index (χ0) is 24.5. The van der Waals surface area contributed by atoms with E-state index in [1.165, 1.54) is 11.1 Å². The number of hydrogen-bond donors (Lipinski definition) is 1. The molecule has 4 rings (SSSR count). The second-order valence-corrected chi connectivity index (χ2v) is 9.33. The van der Waals surface area contributed by atoms with Crippen LogP contribution in [0.4, 0.5) is 0 Å². The Morgan fingerprint density at radius 1 is 1.03 bits per heavy atom. The van der Waals surface area contributed by atoms with Gasteiger partial charge in [0.05, 0.1) is 32.0 Å². The second kappa shape index (κ2) is 12.8. The first-order chi connectivity index (χ1) is 17.1. The fraction of sp³-hybridized carbons (Fsp3) is 0.448. The monoisotopic (exact) mass is 477 g/mol. The number of Topliss-reactive ketones (excluding diaryl/α,β-unsaturated/α-hetero) is 1. The van der Waals surface area contributed by atoms with E-state index in [0.717, 1.165) is 31.5 Å². The molecule has 6 nitrogen and oxygen atoms in total. The van der Waals surface area contributed by atoms with Crippen LogP contribution in [0.3, 0.4) is 0 Å². The standard InChI is InChI=1S/C29H35NO5/c31-26-20-27(35-21-22-12-14-24(15-13-22)23-8-4-3-5-9-23)25(10-6-1-2-7-11-28(32)33)29(26)30-16-18-34-19-17-30/h1,3-6,8-9,12-15,25,27,29H,2,7,10-11,16-21H2,(H,32,33)/b6-1+/t25-,27-,29+/m1/s1. The van der Waals surface area contributed by atoms with E-state index >= 15 is 0 Å². The summed E-state index contributed by atoms with van der Waals surface area (Å²) in [4.78, 5) is 26.0. The number of morpholine rings is 1. The highest BCUT2D eigenvalue weighted by Gasteiger charge is 2.45. The molecule has 1 aliphatic heterocycles. The van der Waals surface area contributed by atoms with Crippen LogP contribution in [0.5, 0.6) is 0 Å². The number of carbonyl (C=O) groups excluding carboxylic acids is 1. The molecule has 0 aromatic heterocycles. The molecule has 1 heterocycles. The maximum Gasteiger partial charge on any atom is 0.303 e. The van der Waals surface area contributed by atoms with Crippen LogP contribution in [0.1, 0.15) is 37.7 Å². The maximum atomic E-state index is 13.1. The lowest BCUT2D eigenvalue weighted by atomic mass is 9.95. The van der Waals surface area contributed by atoms with E-state index in [2.05, 4.69) is 47.4 Å². The molecule has 0 spiro atoms. The molecule has 1 N–H and O–H groups in total. The third kappa shape index (κ3) is 7.10. The number of aliphatic carboxylic acids is 1. The molecule has 3 atom stereocenters. The Kier molecular flexibility index (Phi) is 9.23. The maximum absolute atomic E-state index is 13.1. The van der Waals surface area contributed by atoms with Gasteiger partial charge in [0, 0.05) is 31.8 Å². The van der Waals surface area contributed by atoms with Gasteiger partial charge in [0.15, 0.2) is 5.78 Å². The fourth-order valence-corrected chi connectivity index (χ4v) is 5.08. The van der Waals surface area contributed by atoms with E-state index < -0.39 is 5.97 Å². The molecular formula is C29H35NO5. The van der Waals surface area contributed by atoms with Crippen LogP contribution in [0, 0.1) is 5.92 Å². The quantitative estimate of drug-likeness (QED) is 0.373. The van der Waals surface area contributed by atoms with Crippen LogP contribution in [-0.4, -0.2) is 60.2 Å². The molecule has 6 heteroatoms. The minimum absolute atomic E-state index is 0.0833. The smallest absolute Gasteiger partial charge is 0.303 e. The largest absolute Gasteiger partial charge is 0.481 e. The Morgan fingerprint density at radius 3 is 2.46 bits per heavy atom. The van der Waals surface area contributed by atoms with Gasteiger partial charge in [-0.3, -0.25) is 14.5 Å². The Labute approximate surface area is 207 Å². The highest BCUT2D eigenvalue weighted by Crippen LogP contribution is 2.34. The molecule has 35 heavy (non-hydrogen) atoms. The lowest BCUT2D eigenvalue weighted by Crippen LogP contribution is -2.49. The number of benzene rings is 2. The predicted molar refractivity (Wildman–Crippen MR) is 135 cm³/mol. The van der Waals surface area contributed by atoms with Crippen LogP contribution in [0.25, 0.3) is 11.1 Å².